The zero-order chi connectivity index (χ0) is 14.9. The van der Waals surface area contributed by atoms with Crippen molar-refractivity contribution in [1.29, 1.82) is 0 Å². The highest BCUT2D eigenvalue weighted by Gasteiger charge is 2.32. The molecule has 1 aromatic carbocycles. The number of piperazine rings is 1. The van der Waals surface area contributed by atoms with Crippen LogP contribution in [0.1, 0.15) is 30.1 Å². The molecule has 0 amide bonds. The van der Waals surface area contributed by atoms with Crippen LogP contribution in [0.2, 0.25) is 0 Å². The molecule has 3 heterocycles. The van der Waals surface area contributed by atoms with E-state index in [0.29, 0.717) is 12.6 Å². The van der Waals surface area contributed by atoms with Crippen LogP contribution in [0, 0.1) is 5.82 Å². The van der Waals surface area contributed by atoms with Crippen molar-refractivity contribution in [2.24, 2.45) is 0 Å². The maximum Gasteiger partial charge on any atom is 0.123 e. The average Bonchev–Trinajstić information content (AvgIpc) is 3.17. The van der Waals surface area contributed by atoms with Crippen LogP contribution in [0.3, 0.4) is 0 Å². The Bertz CT molecular complexity index is 636. The van der Waals surface area contributed by atoms with Crippen LogP contribution < -0.4 is 5.32 Å². The molecule has 5 heteroatoms. The number of aromatic nitrogens is 2. The van der Waals surface area contributed by atoms with Crippen molar-refractivity contribution in [3.63, 3.8) is 0 Å². The second kappa shape index (κ2) is 5.82. The number of nitrogens with one attached hydrogen (secondary N) is 1. The van der Waals surface area contributed by atoms with E-state index in [0.717, 1.165) is 30.4 Å². The summed E-state index contributed by atoms with van der Waals surface area (Å²) in [4.78, 5) is 2.58. The summed E-state index contributed by atoms with van der Waals surface area (Å²) in [5, 5.41) is 8.32. The predicted molar refractivity (Wildman–Crippen MR) is 83.1 cm³/mol. The standard InChI is InChI=1S/C17H21FN4/c18-14-5-3-13(4-6-14)11-22-9-7-16(20-22)17-12-21-8-1-2-15(21)10-19-17/h3-7,9,15,17,19H,1-2,8,10-12H2/t15-,17?/m1/s1. The van der Waals surface area contributed by atoms with E-state index < -0.39 is 0 Å². The summed E-state index contributed by atoms with van der Waals surface area (Å²) in [6.45, 7) is 4.02. The number of nitrogens with zero attached hydrogens (tertiary/aromatic N) is 3. The van der Waals surface area contributed by atoms with E-state index in [-0.39, 0.29) is 5.82 Å². The van der Waals surface area contributed by atoms with Crippen LogP contribution in [-0.2, 0) is 6.54 Å². The van der Waals surface area contributed by atoms with E-state index in [1.54, 1.807) is 0 Å². The quantitative estimate of drug-likeness (QED) is 0.943. The normalized spacial score (nSPS) is 25.3. The van der Waals surface area contributed by atoms with E-state index >= 15 is 0 Å². The Balaban J connectivity index is 1.44. The minimum absolute atomic E-state index is 0.198. The van der Waals surface area contributed by atoms with Gasteiger partial charge in [0.25, 0.3) is 0 Å². The fourth-order valence-corrected chi connectivity index (χ4v) is 3.57. The Morgan fingerprint density at radius 1 is 1.23 bits per heavy atom. The molecule has 0 radical (unpaired) electrons. The van der Waals surface area contributed by atoms with Crippen LogP contribution in [0.4, 0.5) is 4.39 Å². The highest BCUT2D eigenvalue weighted by molar-refractivity contribution is 5.17. The summed E-state index contributed by atoms with van der Waals surface area (Å²) in [6.07, 6.45) is 4.65. The molecule has 2 fully saturated rings. The molecule has 2 aliphatic rings. The lowest BCUT2D eigenvalue weighted by Gasteiger charge is -2.35. The largest absolute Gasteiger partial charge is 0.306 e. The first-order valence-corrected chi connectivity index (χ1v) is 8.03. The summed E-state index contributed by atoms with van der Waals surface area (Å²) in [5.41, 5.74) is 2.17. The molecule has 0 bridgehead atoms. The van der Waals surface area contributed by atoms with Crippen molar-refractivity contribution in [3.05, 3.63) is 53.6 Å². The van der Waals surface area contributed by atoms with Gasteiger partial charge >= 0.3 is 0 Å². The predicted octanol–water partition coefficient (Wildman–Crippen LogP) is 2.18. The van der Waals surface area contributed by atoms with Gasteiger partial charge in [-0.3, -0.25) is 9.58 Å². The number of benzene rings is 1. The van der Waals surface area contributed by atoms with Crippen LogP contribution in [-0.4, -0.2) is 40.4 Å². The summed E-state index contributed by atoms with van der Waals surface area (Å²) in [5.74, 6) is -0.198. The van der Waals surface area contributed by atoms with Gasteiger partial charge in [-0.2, -0.15) is 5.10 Å². The molecule has 4 nitrogen and oxygen atoms in total. The third-order valence-electron chi connectivity index (χ3n) is 4.79. The number of hydrogen-bond acceptors (Lipinski definition) is 3. The van der Waals surface area contributed by atoms with Crippen molar-refractivity contribution in [3.8, 4) is 0 Å². The summed E-state index contributed by atoms with van der Waals surface area (Å²) in [7, 11) is 0. The molecule has 2 aliphatic heterocycles. The van der Waals surface area contributed by atoms with E-state index in [1.807, 2.05) is 23.0 Å². The van der Waals surface area contributed by atoms with Crippen molar-refractivity contribution < 1.29 is 4.39 Å². The van der Waals surface area contributed by atoms with E-state index in [1.165, 1.54) is 31.5 Å². The molecule has 1 N–H and O–H groups in total. The molecule has 2 saturated heterocycles. The number of halogens is 1. The summed E-state index contributed by atoms with van der Waals surface area (Å²) < 4.78 is 14.9. The fourth-order valence-electron chi connectivity index (χ4n) is 3.57. The first kappa shape index (κ1) is 13.9. The van der Waals surface area contributed by atoms with Crippen molar-refractivity contribution in [2.75, 3.05) is 19.6 Å². The van der Waals surface area contributed by atoms with Crippen LogP contribution in [0.25, 0.3) is 0 Å². The third-order valence-corrected chi connectivity index (χ3v) is 4.79. The zero-order valence-electron chi connectivity index (χ0n) is 12.6. The highest BCUT2D eigenvalue weighted by Crippen LogP contribution is 2.25. The molecule has 22 heavy (non-hydrogen) atoms. The lowest BCUT2D eigenvalue weighted by atomic mass is 10.1. The lowest BCUT2D eigenvalue weighted by Crippen LogP contribution is -2.49. The molecule has 0 aliphatic carbocycles. The molecule has 2 aromatic rings. The first-order valence-electron chi connectivity index (χ1n) is 8.03. The second-order valence-electron chi connectivity index (χ2n) is 6.32. The number of rotatable bonds is 3. The Morgan fingerprint density at radius 2 is 2.09 bits per heavy atom. The second-order valence-corrected chi connectivity index (χ2v) is 6.32. The molecule has 4 rings (SSSR count). The van der Waals surface area contributed by atoms with Crippen LogP contribution >= 0.6 is 0 Å². The third kappa shape index (κ3) is 2.78. The lowest BCUT2D eigenvalue weighted by molar-refractivity contribution is 0.171. The van der Waals surface area contributed by atoms with Gasteiger partial charge in [-0.15, -0.1) is 0 Å². The van der Waals surface area contributed by atoms with E-state index in [2.05, 4.69) is 16.3 Å². The Kier molecular flexibility index (Phi) is 3.68. The smallest absolute Gasteiger partial charge is 0.123 e. The van der Waals surface area contributed by atoms with Gasteiger partial charge in [0.05, 0.1) is 18.3 Å². The van der Waals surface area contributed by atoms with E-state index in [9.17, 15) is 4.39 Å². The van der Waals surface area contributed by atoms with Gasteiger partial charge in [0, 0.05) is 25.3 Å². The Labute approximate surface area is 129 Å². The fraction of sp³-hybridized carbons (Fsp3) is 0.471. The van der Waals surface area contributed by atoms with Crippen molar-refractivity contribution in [2.45, 2.75) is 31.5 Å². The summed E-state index contributed by atoms with van der Waals surface area (Å²) >= 11 is 0. The molecular formula is C17H21FN4. The minimum Gasteiger partial charge on any atom is -0.306 e. The monoisotopic (exact) mass is 300 g/mol. The minimum atomic E-state index is -0.198. The van der Waals surface area contributed by atoms with Gasteiger partial charge < -0.3 is 5.32 Å². The molecule has 1 unspecified atom stereocenters. The maximum atomic E-state index is 12.9. The van der Waals surface area contributed by atoms with Gasteiger partial charge in [-0.25, -0.2) is 4.39 Å². The molecular weight excluding hydrogens is 279 g/mol. The molecule has 2 atom stereocenters. The molecule has 1 aromatic heterocycles. The van der Waals surface area contributed by atoms with Crippen LogP contribution in [0.15, 0.2) is 36.5 Å². The highest BCUT2D eigenvalue weighted by atomic mass is 19.1. The zero-order valence-corrected chi connectivity index (χ0v) is 12.6. The number of hydrogen-bond donors (Lipinski definition) is 1. The SMILES string of the molecule is Fc1ccc(Cn2ccc(C3CN4CCC[C@@H]4CN3)n2)cc1. The first-order chi connectivity index (χ1) is 10.8. The topological polar surface area (TPSA) is 33.1 Å². The molecule has 0 saturated carbocycles. The van der Waals surface area contributed by atoms with Gasteiger partial charge in [0.15, 0.2) is 0 Å². The van der Waals surface area contributed by atoms with Gasteiger partial charge in [-0.05, 0) is 43.1 Å². The van der Waals surface area contributed by atoms with Gasteiger partial charge in [0.2, 0.25) is 0 Å². The maximum absolute atomic E-state index is 12.9. The molecule has 116 valence electrons. The van der Waals surface area contributed by atoms with Crippen LogP contribution in [0.5, 0.6) is 0 Å². The van der Waals surface area contributed by atoms with Crippen molar-refractivity contribution >= 4 is 0 Å². The molecule has 0 spiro atoms. The van der Waals surface area contributed by atoms with E-state index in [4.69, 9.17) is 5.10 Å². The number of fused-ring (bicyclic) bond motifs is 1. The Morgan fingerprint density at radius 3 is 2.95 bits per heavy atom. The Hall–Kier alpha value is -1.72. The average molecular weight is 300 g/mol. The van der Waals surface area contributed by atoms with Gasteiger partial charge in [-0.1, -0.05) is 12.1 Å². The summed E-state index contributed by atoms with van der Waals surface area (Å²) in [6, 6.07) is 9.75. The van der Waals surface area contributed by atoms with Crippen molar-refractivity contribution in [1.82, 2.24) is 20.0 Å². The van der Waals surface area contributed by atoms with Gasteiger partial charge in [0.1, 0.15) is 5.82 Å².